The van der Waals surface area contributed by atoms with Crippen molar-refractivity contribution < 1.29 is 9.53 Å². The van der Waals surface area contributed by atoms with E-state index in [2.05, 4.69) is 16.7 Å². The monoisotopic (exact) mass is 310 g/mol. The van der Waals surface area contributed by atoms with E-state index in [1.165, 1.54) is 12.0 Å². The van der Waals surface area contributed by atoms with E-state index in [1.807, 2.05) is 18.2 Å². The lowest BCUT2D eigenvalue weighted by atomic mass is 9.93. The van der Waals surface area contributed by atoms with E-state index >= 15 is 0 Å². The Morgan fingerprint density at radius 3 is 3.00 bits per heavy atom. The van der Waals surface area contributed by atoms with E-state index < -0.39 is 0 Å². The molecule has 3 rings (SSSR count). The van der Waals surface area contributed by atoms with Gasteiger partial charge >= 0.3 is 0 Å². The molecule has 0 spiro atoms. The molecular weight excluding hydrogens is 288 g/mol. The second-order valence-corrected chi connectivity index (χ2v) is 5.67. The molecule has 2 atom stereocenters. The van der Waals surface area contributed by atoms with Crippen LogP contribution < -0.4 is 15.4 Å². The first-order valence-electron chi connectivity index (χ1n) is 7.55. The van der Waals surface area contributed by atoms with Crippen LogP contribution in [0.15, 0.2) is 24.3 Å². The van der Waals surface area contributed by atoms with Gasteiger partial charge in [-0.15, -0.1) is 12.4 Å². The molecule has 0 saturated carbocycles. The highest BCUT2D eigenvalue weighted by atomic mass is 35.5. The van der Waals surface area contributed by atoms with Crippen molar-refractivity contribution in [3.63, 3.8) is 0 Å². The van der Waals surface area contributed by atoms with Gasteiger partial charge in [-0.2, -0.15) is 0 Å². The molecule has 5 heteroatoms. The van der Waals surface area contributed by atoms with Crippen molar-refractivity contribution in [1.29, 1.82) is 0 Å². The molecule has 1 saturated heterocycles. The number of benzene rings is 1. The van der Waals surface area contributed by atoms with Gasteiger partial charge in [0.1, 0.15) is 5.75 Å². The van der Waals surface area contributed by atoms with E-state index in [0.29, 0.717) is 24.9 Å². The summed E-state index contributed by atoms with van der Waals surface area (Å²) >= 11 is 0. The average molecular weight is 311 g/mol. The second kappa shape index (κ2) is 7.66. The molecule has 0 aromatic heterocycles. The Bertz CT molecular complexity index is 475. The number of para-hydroxylation sites is 1. The third-order valence-corrected chi connectivity index (χ3v) is 4.22. The quantitative estimate of drug-likeness (QED) is 0.896. The van der Waals surface area contributed by atoms with Gasteiger partial charge in [-0.25, -0.2) is 0 Å². The Kier molecular flexibility index (Phi) is 5.88. The maximum Gasteiger partial charge on any atom is 0.221 e. The van der Waals surface area contributed by atoms with E-state index in [1.54, 1.807) is 0 Å². The third kappa shape index (κ3) is 4.11. The third-order valence-electron chi connectivity index (χ3n) is 4.22. The summed E-state index contributed by atoms with van der Waals surface area (Å²) in [6, 6.07) is 8.50. The highest BCUT2D eigenvalue weighted by Gasteiger charge is 2.22. The zero-order chi connectivity index (χ0) is 13.8. The van der Waals surface area contributed by atoms with Gasteiger partial charge in [0.15, 0.2) is 0 Å². The predicted molar refractivity (Wildman–Crippen MR) is 85.2 cm³/mol. The lowest BCUT2D eigenvalue weighted by molar-refractivity contribution is -0.121. The number of halogens is 1. The van der Waals surface area contributed by atoms with E-state index in [4.69, 9.17) is 4.74 Å². The van der Waals surface area contributed by atoms with Gasteiger partial charge in [0.25, 0.3) is 0 Å². The van der Waals surface area contributed by atoms with Gasteiger partial charge in [-0.3, -0.25) is 4.79 Å². The van der Waals surface area contributed by atoms with Crippen molar-refractivity contribution in [2.75, 3.05) is 19.7 Å². The number of carbonyl (C=O) groups is 1. The molecule has 2 aliphatic heterocycles. The molecule has 2 N–H and O–H groups in total. The summed E-state index contributed by atoms with van der Waals surface area (Å²) in [7, 11) is 0. The van der Waals surface area contributed by atoms with Crippen LogP contribution in [0.25, 0.3) is 0 Å². The predicted octanol–water partition coefficient (Wildman–Crippen LogP) is 2.23. The van der Waals surface area contributed by atoms with Crippen molar-refractivity contribution >= 4 is 18.3 Å². The fourth-order valence-electron chi connectivity index (χ4n) is 3.09. The van der Waals surface area contributed by atoms with Crippen LogP contribution in [-0.2, 0) is 4.79 Å². The fourth-order valence-corrected chi connectivity index (χ4v) is 3.09. The van der Waals surface area contributed by atoms with Gasteiger partial charge in [0.2, 0.25) is 5.91 Å². The van der Waals surface area contributed by atoms with Crippen molar-refractivity contribution in [2.24, 2.45) is 0 Å². The zero-order valence-electron chi connectivity index (χ0n) is 12.1. The Balaban J connectivity index is 0.00000161. The van der Waals surface area contributed by atoms with E-state index in [9.17, 15) is 4.79 Å². The first kappa shape index (κ1) is 16.1. The number of hydrogen-bond acceptors (Lipinski definition) is 3. The van der Waals surface area contributed by atoms with Crippen molar-refractivity contribution in [3.05, 3.63) is 29.8 Å². The molecule has 2 heterocycles. The lowest BCUT2D eigenvalue weighted by Gasteiger charge is -2.26. The van der Waals surface area contributed by atoms with Crippen LogP contribution in [0.3, 0.4) is 0 Å². The van der Waals surface area contributed by atoms with Crippen molar-refractivity contribution in [2.45, 2.75) is 37.6 Å². The molecule has 116 valence electrons. The van der Waals surface area contributed by atoms with Crippen LogP contribution in [0.5, 0.6) is 5.75 Å². The second-order valence-electron chi connectivity index (χ2n) is 5.67. The lowest BCUT2D eigenvalue weighted by Crippen LogP contribution is -2.35. The van der Waals surface area contributed by atoms with Crippen LogP contribution >= 0.6 is 12.4 Å². The molecular formula is C16H23ClN2O2. The van der Waals surface area contributed by atoms with Crippen molar-refractivity contribution in [3.8, 4) is 5.75 Å². The number of ether oxygens (including phenoxy) is 1. The normalized spacial score (nSPS) is 23.6. The molecule has 4 nitrogen and oxygen atoms in total. The molecule has 21 heavy (non-hydrogen) atoms. The van der Waals surface area contributed by atoms with Gasteiger partial charge < -0.3 is 15.4 Å². The SMILES string of the molecule is Cl.O=C(CC1CCCN1)NCC1CCOc2ccccc21. The van der Waals surface area contributed by atoms with Crippen LogP contribution in [0.2, 0.25) is 0 Å². The number of hydrogen-bond donors (Lipinski definition) is 2. The fraction of sp³-hybridized carbons (Fsp3) is 0.562. The summed E-state index contributed by atoms with van der Waals surface area (Å²) in [5.74, 6) is 1.50. The molecule has 1 amide bonds. The summed E-state index contributed by atoms with van der Waals surface area (Å²) in [6.07, 6.45) is 3.88. The molecule has 1 aromatic carbocycles. The Morgan fingerprint density at radius 1 is 1.33 bits per heavy atom. The number of carbonyl (C=O) groups excluding carboxylic acids is 1. The molecule has 2 aliphatic rings. The number of nitrogens with one attached hydrogen (secondary N) is 2. The molecule has 1 aromatic rings. The van der Waals surface area contributed by atoms with Crippen LogP contribution in [0, 0.1) is 0 Å². The highest BCUT2D eigenvalue weighted by Crippen LogP contribution is 2.32. The van der Waals surface area contributed by atoms with Crippen molar-refractivity contribution in [1.82, 2.24) is 10.6 Å². The molecule has 0 bridgehead atoms. The highest BCUT2D eigenvalue weighted by molar-refractivity contribution is 5.85. The molecule has 0 radical (unpaired) electrons. The zero-order valence-corrected chi connectivity index (χ0v) is 13.0. The minimum atomic E-state index is 0. The van der Waals surface area contributed by atoms with Gasteiger partial charge in [0.05, 0.1) is 6.61 Å². The number of amides is 1. The topological polar surface area (TPSA) is 50.4 Å². The van der Waals surface area contributed by atoms with Crippen LogP contribution in [0.4, 0.5) is 0 Å². The number of fused-ring (bicyclic) bond motifs is 1. The van der Waals surface area contributed by atoms with E-state index in [0.717, 1.165) is 31.7 Å². The van der Waals surface area contributed by atoms with Gasteiger partial charge in [-0.1, -0.05) is 18.2 Å². The van der Waals surface area contributed by atoms with Gasteiger partial charge in [0, 0.05) is 24.9 Å². The maximum atomic E-state index is 12.0. The first-order valence-corrected chi connectivity index (χ1v) is 7.55. The summed E-state index contributed by atoms with van der Waals surface area (Å²) < 4.78 is 5.65. The number of rotatable bonds is 4. The Hall–Kier alpha value is -1.26. The summed E-state index contributed by atoms with van der Waals surface area (Å²) in [4.78, 5) is 12.0. The van der Waals surface area contributed by atoms with Gasteiger partial charge in [-0.05, 0) is 37.4 Å². The standard InChI is InChI=1S/C16H22N2O2.ClH/c19-16(10-13-4-3-8-17-13)18-11-12-7-9-20-15-6-2-1-5-14(12)15;/h1-2,5-6,12-13,17H,3-4,7-11H2,(H,18,19);1H. The summed E-state index contributed by atoms with van der Waals surface area (Å²) in [6.45, 7) is 2.50. The maximum absolute atomic E-state index is 12.0. The average Bonchev–Trinajstić information content (AvgIpc) is 2.98. The van der Waals surface area contributed by atoms with Crippen LogP contribution in [0.1, 0.15) is 37.2 Å². The Morgan fingerprint density at radius 2 is 2.19 bits per heavy atom. The minimum Gasteiger partial charge on any atom is -0.493 e. The van der Waals surface area contributed by atoms with E-state index in [-0.39, 0.29) is 18.3 Å². The smallest absolute Gasteiger partial charge is 0.221 e. The summed E-state index contributed by atoms with van der Waals surface area (Å²) in [5.41, 5.74) is 1.22. The Labute approximate surface area is 132 Å². The largest absolute Gasteiger partial charge is 0.493 e. The van der Waals surface area contributed by atoms with Crippen LogP contribution in [-0.4, -0.2) is 31.6 Å². The summed E-state index contributed by atoms with van der Waals surface area (Å²) in [5, 5.41) is 6.45. The first-order chi connectivity index (χ1) is 9.83. The molecule has 2 unspecified atom stereocenters. The minimum absolute atomic E-state index is 0. The molecule has 1 fully saturated rings. The molecule has 0 aliphatic carbocycles.